The lowest BCUT2D eigenvalue weighted by molar-refractivity contribution is 0.100. The Labute approximate surface area is 127 Å². The molecule has 1 aromatic carbocycles. The Balaban J connectivity index is 1.90. The van der Waals surface area contributed by atoms with Gasteiger partial charge in [-0.1, -0.05) is 20.3 Å². The average Bonchev–Trinajstić information content (AvgIpc) is 2.46. The van der Waals surface area contributed by atoms with Gasteiger partial charge in [-0.3, -0.25) is 4.90 Å². The van der Waals surface area contributed by atoms with Gasteiger partial charge >= 0.3 is 0 Å². The van der Waals surface area contributed by atoms with E-state index in [1.165, 1.54) is 31.5 Å². The van der Waals surface area contributed by atoms with Gasteiger partial charge in [-0.05, 0) is 56.0 Å². The normalized spacial score (nSPS) is 27.0. The summed E-state index contributed by atoms with van der Waals surface area (Å²) >= 11 is 0. The number of hydrogen-bond donors (Lipinski definition) is 0. The third-order valence-corrected chi connectivity index (χ3v) is 5.22. The van der Waals surface area contributed by atoms with Crippen LogP contribution in [0.4, 0.5) is 10.1 Å². The maximum absolute atomic E-state index is 13.4. The molecule has 2 saturated heterocycles. The van der Waals surface area contributed by atoms with Crippen molar-refractivity contribution in [1.29, 1.82) is 0 Å². The van der Waals surface area contributed by atoms with Crippen LogP contribution in [0.5, 0.6) is 0 Å². The first-order valence-electron chi connectivity index (χ1n) is 8.33. The lowest BCUT2D eigenvalue weighted by Crippen LogP contribution is -2.61. The molecular weight excluding hydrogens is 263 g/mol. The predicted molar refractivity (Wildman–Crippen MR) is 86.3 cm³/mol. The molecule has 2 fully saturated rings. The standard InChI is InChI=1S/C18H27FN2/c1-13(2)18-12-20-9-5-4-6-16(20)11-21(18)17-8-7-15(19)10-14(17)3/h7-8,10,13,16,18H,4-6,9,11-12H2,1-3H3. The molecule has 0 aliphatic carbocycles. The van der Waals surface area contributed by atoms with Crippen LogP contribution < -0.4 is 4.90 Å². The van der Waals surface area contributed by atoms with Crippen LogP contribution in [-0.4, -0.2) is 36.6 Å². The van der Waals surface area contributed by atoms with E-state index < -0.39 is 0 Å². The molecule has 2 nitrogen and oxygen atoms in total. The van der Waals surface area contributed by atoms with Crippen LogP contribution >= 0.6 is 0 Å². The molecule has 0 saturated carbocycles. The topological polar surface area (TPSA) is 6.48 Å². The first-order valence-corrected chi connectivity index (χ1v) is 8.33. The maximum atomic E-state index is 13.4. The number of aryl methyl sites for hydroxylation is 1. The number of rotatable bonds is 2. The van der Waals surface area contributed by atoms with Gasteiger partial charge in [0, 0.05) is 30.9 Å². The number of anilines is 1. The summed E-state index contributed by atoms with van der Waals surface area (Å²) in [6, 6.07) is 6.45. The van der Waals surface area contributed by atoms with Gasteiger partial charge in [0.05, 0.1) is 0 Å². The molecule has 3 rings (SSSR count). The number of halogens is 1. The zero-order valence-corrected chi connectivity index (χ0v) is 13.5. The molecule has 116 valence electrons. The van der Waals surface area contributed by atoms with E-state index in [4.69, 9.17) is 0 Å². The Morgan fingerprint density at radius 1 is 1.19 bits per heavy atom. The summed E-state index contributed by atoms with van der Waals surface area (Å²) in [6.07, 6.45) is 4.00. The highest BCUT2D eigenvalue weighted by atomic mass is 19.1. The SMILES string of the molecule is Cc1cc(F)ccc1N1CC2CCCCN2CC1C(C)C. The number of nitrogens with zero attached hydrogens (tertiary/aromatic N) is 2. The van der Waals surface area contributed by atoms with Crippen molar-refractivity contribution in [3.8, 4) is 0 Å². The molecule has 21 heavy (non-hydrogen) atoms. The Morgan fingerprint density at radius 2 is 2.00 bits per heavy atom. The number of hydrogen-bond acceptors (Lipinski definition) is 2. The number of piperidine rings is 1. The molecule has 2 heterocycles. The van der Waals surface area contributed by atoms with Crippen molar-refractivity contribution >= 4 is 5.69 Å². The van der Waals surface area contributed by atoms with Gasteiger partial charge in [-0.2, -0.15) is 0 Å². The third kappa shape index (κ3) is 2.94. The minimum absolute atomic E-state index is 0.131. The molecule has 0 N–H and O–H groups in total. The van der Waals surface area contributed by atoms with E-state index in [2.05, 4.69) is 23.6 Å². The summed E-state index contributed by atoms with van der Waals surface area (Å²) in [5.41, 5.74) is 2.28. The average molecular weight is 290 g/mol. The molecule has 0 bridgehead atoms. The summed E-state index contributed by atoms with van der Waals surface area (Å²) in [5, 5.41) is 0. The van der Waals surface area contributed by atoms with Crippen LogP contribution in [0.25, 0.3) is 0 Å². The molecule has 2 unspecified atom stereocenters. The van der Waals surface area contributed by atoms with Crippen molar-refractivity contribution in [2.45, 2.75) is 52.1 Å². The van der Waals surface area contributed by atoms with Crippen molar-refractivity contribution < 1.29 is 4.39 Å². The molecule has 0 amide bonds. The third-order valence-electron chi connectivity index (χ3n) is 5.22. The van der Waals surface area contributed by atoms with Crippen molar-refractivity contribution in [3.05, 3.63) is 29.6 Å². The fourth-order valence-corrected chi connectivity index (χ4v) is 4.00. The summed E-state index contributed by atoms with van der Waals surface area (Å²) in [4.78, 5) is 5.23. The van der Waals surface area contributed by atoms with Crippen molar-refractivity contribution in [2.75, 3.05) is 24.5 Å². The van der Waals surface area contributed by atoms with Gasteiger partial charge in [0.25, 0.3) is 0 Å². The number of benzene rings is 1. The molecule has 3 heteroatoms. The molecular formula is C18H27FN2. The molecule has 2 aliphatic heterocycles. The summed E-state index contributed by atoms with van der Waals surface area (Å²) in [6.45, 7) is 10.1. The molecule has 0 spiro atoms. The highest BCUT2D eigenvalue weighted by molar-refractivity contribution is 5.55. The molecule has 0 aromatic heterocycles. The lowest BCUT2D eigenvalue weighted by atomic mass is 9.91. The van der Waals surface area contributed by atoms with E-state index in [0.717, 1.165) is 18.7 Å². The van der Waals surface area contributed by atoms with E-state index in [1.54, 1.807) is 12.1 Å². The van der Waals surface area contributed by atoms with Crippen LogP contribution in [0.3, 0.4) is 0 Å². The quantitative estimate of drug-likeness (QED) is 0.816. The largest absolute Gasteiger partial charge is 0.365 e. The Kier molecular flexibility index (Phi) is 4.21. The van der Waals surface area contributed by atoms with Crippen molar-refractivity contribution in [2.24, 2.45) is 5.92 Å². The maximum Gasteiger partial charge on any atom is 0.123 e. The zero-order valence-electron chi connectivity index (χ0n) is 13.5. The highest BCUT2D eigenvalue weighted by Crippen LogP contribution is 2.32. The van der Waals surface area contributed by atoms with Crippen LogP contribution in [0, 0.1) is 18.7 Å². The molecule has 2 aliphatic rings. The number of piperazine rings is 1. The van der Waals surface area contributed by atoms with Gasteiger partial charge in [-0.15, -0.1) is 0 Å². The lowest BCUT2D eigenvalue weighted by Gasteiger charge is -2.51. The Morgan fingerprint density at radius 3 is 2.71 bits per heavy atom. The fourth-order valence-electron chi connectivity index (χ4n) is 4.00. The van der Waals surface area contributed by atoms with Crippen LogP contribution in [-0.2, 0) is 0 Å². The second kappa shape index (κ2) is 5.96. The Hall–Kier alpha value is -1.09. The zero-order chi connectivity index (χ0) is 15.0. The summed E-state index contributed by atoms with van der Waals surface area (Å²) < 4.78 is 13.4. The second-order valence-electron chi connectivity index (χ2n) is 7.04. The van der Waals surface area contributed by atoms with E-state index in [9.17, 15) is 4.39 Å². The first-order chi connectivity index (χ1) is 10.1. The van der Waals surface area contributed by atoms with Gasteiger partial charge < -0.3 is 4.90 Å². The number of fused-ring (bicyclic) bond motifs is 1. The van der Waals surface area contributed by atoms with Gasteiger partial charge in [0.2, 0.25) is 0 Å². The summed E-state index contributed by atoms with van der Waals surface area (Å²) in [7, 11) is 0. The minimum Gasteiger partial charge on any atom is -0.365 e. The van der Waals surface area contributed by atoms with Crippen molar-refractivity contribution in [3.63, 3.8) is 0 Å². The minimum atomic E-state index is -0.131. The van der Waals surface area contributed by atoms with Gasteiger partial charge in [0.1, 0.15) is 5.82 Å². The smallest absolute Gasteiger partial charge is 0.123 e. The fraction of sp³-hybridized carbons (Fsp3) is 0.667. The van der Waals surface area contributed by atoms with Crippen LogP contribution in [0.1, 0.15) is 38.7 Å². The van der Waals surface area contributed by atoms with Gasteiger partial charge in [0.15, 0.2) is 0 Å². The first kappa shape index (κ1) is 14.8. The van der Waals surface area contributed by atoms with Gasteiger partial charge in [-0.25, -0.2) is 4.39 Å². The van der Waals surface area contributed by atoms with Crippen LogP contribution in [0.2, 0.25) is 0 Å². The van der Waals surface area contributed by atoms with E-state index in [1.807, 2.05) is 13.0 Å². The van der Waals surface area contributed by atoms with E-state index >= 15 is 0 Å². The predicted octanol–water partition coefficient (Wildman–Crippen LogP) is 3.83. The molecule has 1 aromatic rings. The highest BCUT2D eigenvalue weighted by Gasteiger charge is 2.36. The summed E-state index contributed by atoms with van der Waals surface area (Å²) in [5.74, 6) is 0.478. The molecule has 0 radical (unpaired) electrons. The Bertz CT molecular complexity index is 500. The second-order valence-corrected chi connectivity index (χ2v) is 7.04. The monoisotopic (exact) mass is 290 g/mol. The van der Waals surface area contributed by atoms with Crippen molar-refractivity contribution in [1.82, 2.24) is 4.90 Å². The van der Waals surface area contributed by atoms with Crippen LogP contribution in [0.15, 0.2) is 18.2 Å². The van der Waals surface area contributed by atoms with E-state index in [0.29, 0.717) is 18.0 Å². The molecule has 2 atom stereocenters. The van der Waals surface area contributed by atoms with E-state index in [-0.39, 0.29) is 5.82 Å².